The van der Waals surface area contributed by atoms with Gasteiger partial charge in [-0.25, -0.2) is 13.1 Å². The van der Waals surface area contributed by atoms with E-state index in [1.54, 1.807) is 12.1 Å². The summed E-state index contributed by atoms with van der Waals surface area (Å²) in [5, 5.41) is 9.51. The SMILES string of the molecule is O=C(O)C(CC1CCCC1)c1ccc(S(=O)(=O)NC2CC2)cc1. The average Bonchev–Trinajstić information content (AvgIpc) is 3.15. The third-order valence-electron chi connectivity index (χ3n) is 4.83. The molecule has 1 aromatic carbocycles. The molecule has 1 aromatic rings. The number of hydrogen-bond acceptors (Lipinski definition) is 3. The van der Waals surface area contributed by atoms with Crippen molar-refractivity contribution in [1.29, 1.82) is 0 Å². The number of rotatable bonds is 7. The zero-order valence-corrected chi connectivity index (χ0v) is 13.9. The molecule has 5 nitrogen and oxygen atoms in total. The zero-order valence-electron chi connectivity index (χ0n) is 13.1. The van der Waals surface area contributed by atoms with E-state index in [1.165, 1.54) is 25.0 Å². The molecule has 0 spiro atoms. The minimum Gasteiger partial charge on any atom is -0.481 e. The Morgan fingerprint density at radius 2 is 1.74 bits per heavy atom. The smallest absolute Gasteiger partial charge is 0.310 e. The number of hydrogen-bond donors (Lipinski definition) is 2. The molecule has 0 saturated heterocycles. The highest BCUT2D eigenvalue weighted by molar-refractivity contribution is 7.89. The molecule has 0 radical (unpaired) electrons. The fraction of sp³-hybridized carbons (Fsp3) is 0.588. The minimum atomic E-state index is -3.48. The molecule has 2 N–H and O–H groups in total. The van der Waals surface area contributed by atoms with Gasteiger partial charge < -0.3 is 5.11 Å². The summed E-state index contributed by atoms with van der Waals surface area (Å²) in [6, 6.07) is 6.40. The number of carbonyl (C=O) groups is 1. The molecule has 0 aromatic heterocycles. The lowest BCUT2D eigenvalue weighted by atomic mass is 9.88. The van der Waals surface area contributed by atoms with Crippen LogP contribution in [0.3, 0.4) is 0 Å². The van der Waals surface area contributed by atoms with Crippen molar-refractivity contribution < 1.29 is 18.3 Å². The highest BCUT2D eigenvalue weighted by Gasteiger charge is 2.29. The quantitative estimate of drug-likeness (QED) is 0.801. The number of carboxylic acid groups (broad SMARTS) is 1. The van der Waals surface area contributed by atoms with Gasteiger partial charge in [-0.15, -0.1) is 0 Å². The maximum atomic E-state index is 12.1. The summed E-state index contributed by atoms with van der Waals surface area (Å²) < 4.78 is 26.9. The van der Waals surface area contributed by atoms with E-state index in [1.807, 2.05) is 0 Å². The van der Waals surface area contributed by atoms with Crippen LogP contribution >= 0.6 is 0 Å². The first-order valence-corrected chi connectivity index (χ1v) is 9.79. The number of sulfonamides is 1. The summed E-state index contributed by atoms with van der Waals surface area (Å²) >= 11 is 0. The Balaban J connectivity index is 1.74. The van der Waals surface area contributed by atoms with Crippen LogP contribution in [0.15, 0.2) is 29.2 Å². The minimum absolute atomic E-state index is 0.0637. The molecule has 0 amide bonds. The Bertz CT molecular complexity index is 658. The van der Waals surface area contributed by atoms with Crippen molar-refractivity contribution in [2.45, 2.75) is 61.8 Å². The summed E-state index contributed by atoms with van der Waals surface area (Å²) in [6.07, 6.45) is 6.98. The molecular weight excluding hydrogens is 314 g/mol. The molecule has 3 rings (SSSR count). The van der Waals surface area contributed by atoms with Gasteiger partial charge in [0.1, 0.15) is 0 Å². The molecule has 2 fully saturated rings. The van der Waals surface area contributed by atoms with E-state index in [4.69, 9.17) is 0 Å². The van der Waals surface area contributed by atoms with Crippen LogP contribution in [0.25, 0.3) is 0 Å². The summed E-state index contributed by atoms with van der Waals surface area (Å²) in [5.74, 6) is -0.911. The van der Waals surface area contributed by atoms with Crippen LogP contribution in [0.2, 0.25) is 0 Å². The van der Waals surface area contributed by atoms with Crippen LogP contribution < -0.4 is 4.72 Å². The predicted molar refractivity (Wildman–Crippen MR) is 86.7 cm³/mol. The molecule has 23 heavy (non-hydrogen) atoms. The first kappa shape index (κ1) is 16.5. The summed E-state index contributed by atoms with van der Waals surface area (Å²) in [7, 11) is -3.48. The Hall–Kier alpha value is -1.40. The Labute approximate surface area is 137 Å². The third kappa shape index (κ3) is 4.12. The van der Waals surface area contributed by atoms with Crippen molar-refractivity contribution in [3.63, 3.8) is 0 Å². The van der Waals surface area contributed by atoms with Crippen molar-refractivity contribution in [2.24, 2.45) is 5.92 Å². The maximum Gasteiger partial charge on any atom is 0.310 e. The van der Waals surface area contributed by atoms with Gasteiger partial charge in [0.05, 0.1) is 10.8 Å². The van der Waals surface area contributed by atoms with E-state index < -0.39 is 21.9 Å². The van der Waals surface area contributed by atoms with Crippen molar-refractivity contribution in [2.75, 3.05) is 0 Å². The summed E-state index contributed by atoms with van der Waals surface area (Å²) in [4.78, 5) is 11.8. The molecule has 6 heteroatoms. The van der Waals surface area contributed by atoms with Gasteiger partial charge in [-0.2, -0.15) is 0 Å². The number of aliphatic carboxylic acids is 1. The normalized spacial score (nSPS) is 20.5. The van der Waals surface area contributed by atoms with E-state index in [9.17, 15) is 18.3 Å². The van der Waals surface area contributed by atoms with Crippen LogP contribution in [0.1, 0.15) is 56.4 Å². The van der Waals surface area contributed by atoms with E-state index in [2.05, 4.69) is 4.72 Å². The van der Waals surface area contributed by atoms with Gasteiger partial charge in [-0.1, -0.05) is 37.8 Å². The van der Waals surface area contributed by atoms with E-state index in [0.29, 0.717) is 17.9 Å². The van der Waals surface area contributed by atoms with E-state index in [-0.39, 0.29) is 10.9 Å². The fourth-order valence-electron chi connectivity index (χ4n) is 3.33. The monoisotopic (exact) mass is 337 g/mol. The van der Waals surface area contributed by atoms with Gasteiger partial charge in [-0.05, 0) is 42.9 Å². The van der Waals surface area contributed by atoms with Crippen molar-refractivity contribution in [3.8, 4) is 0 Å². The molecule has 0 aliphatic heterocycles. The summed E-state index contributed by atoms with van der Waals surface area (Å²) in [5.41, 5.74) is 0.690. The van der Waals surface area contributed by atoms with Crippen molar-refractivity contribution >= 4 is 16.0 Å². The van der Waals surface area contributed by atoms with Crippen LogP contribution in [0, 0.1) is 5.92 Å². The van der Waals surface area contributed by atoms with Gasteiger partial charge in [0.15, 0.2) is 0 Å². The average molecular weight is 337 g/mol. The van der Waals surface area contributed by atoms with E-state index in [0.717, 1.165) is 25.7 Å². The van der Waals surface area contributed by atoms with Crippen molar-refractivity contribution in [3.05, 3.63) is 29.8 Å². The lowest BCUT2D eigenvalue weighted by Crippen LogP contribution is -2.25. The third-order valence-corrected chi connectivity index (χ3v) is 6.37. The standard InChI is InChI=1S/C17H23NO4S/c19-17(20)16(11-12-3-1-2-4-12)13-5-9-15(10-6-13)23(21,22)18-14-7-8-14/h5-6,9-10,12,14,16,18H,1-4,7-8,11H2,(H,19,20). The molecule has 2 aliphatic carbocycles. The number of nitrogens with one attached hydrogen (secondary N) is 1. The second kappa shape index (κ2) is 6.61. The first-order valence-electron chi connectivity index (χ1n) is 8.31. The molecule has 2 aliphatic rings. The van der Waals surface area contributed by atoms with Crippen molar-refractivity contribution in [1.82, 2.24) is 4.72 Å². The van der Waals surface area contributed by atoms with Crippen LogP contribution in [0.4, 0.5) is 0 Å². The first-order chi connectivity index (χ1) is 11.0. The summed E-state index contributed by atoms with van der Waals surface area (Å²) in [6.45, 7) is 0. The highest BCUT2D eigenvalue weighted by atomic mass is 32.2. The molecular formula is C17H23NO4S. The van der Waals surface area contributed by atoms with Gasteiger partial charge in [-0.3, -0.25) is 4.79 Å². The maximum absolute atomic E-state index is 12.1. The molecule has 1 unspecified atom stereocenters. The Morgan fingerprint density at radius 3 is 2.26 bits per heavy atom. The second-order valence-corrected chi connectivity index (χ2v) is 8.46. The molecule has 0 heterocycles. The fourth-order valence-corrected chi connectivity index (χ4v) is 4.63. The van der Waals surface area contributed by atoms with Crippen LogP contribution in [-0.2, 0) is 14.8 Å². The molecule has 2 saturated carbocycles. The Morgan fingerprint density at radius 1 is 1.13 bits per heavy atom. The van der Waals surface area contributed by atoms with Gasteiger partial charge >= 0.3 is 5.97 Å². The van der Waals surface area contributed by atoms with Gasteiger partial charge in [0.2, 0.25) is 10.0 Å². The largest absolute Gasteiger partial charge is 0.481 e. The predicted octanol–water partition coefficient (Wildman–Crippen LogP) is 2.88. The second-order valence-electron chi connectivity index (χ2n) is 6.74. The lowest BCUT2D eigenvalue weighted by molar-refractivity contribution is -0.139. The van der Waals surface area contributed by atoms with Crippen LogP contribution in [-0.4, -0.2) is 25.5 Å². The van der Waals surface area contributed by atoms with Gasteiger partial charge in [0.25, 0.3) is 0 Å². The highest BCUT2D eigenvalue weighted by Crippen LogP contribution is 2.34. The zero-order chi connectivity index (χ0) is 16.4. The molecule has 1 atom stereocenters. The van der Waals surface area contributed by atoms with Gasteiger partial charge in [0, 0.05) is 6.04 Å². The number of carboxylic acids is 1. The van der Waals surface area contributed by atoms with E-state index >= 15 is 0 Å². The topological polar surface area (TPSA) is 83.5 Å². The molecule has 126 valence electrons. The Kier molecular flexibility index (Phi) is 4.73. The lowest BCUT2D eigenvalue weighted by Gasteiger charge is -2.17. The molecule has 0 bridgehead atoms. The number of benzene rings is 1. The van der Waals surface area contributed by atoms with Crippen LogP contribution in [0.5, 0.6) is 0 Å².